The number of nitrogens with zero attached hydrogens (tertiary/aromatic N) is 2. The van der Waals surface area contributed by atoms with Gasteiger partial charge in [-0.1, -0.05) is 19.1 Å². The lowest BCUT2D eigenvalue weighted by Gasteiger charge is -2.34. The number of benzene rings is 1. The second kappa shape index (κ2) is 8.47. The van der Waals surface area contributed by atoms with Crippen LogP contribution in [0.5, 0.6) is 0 Å². The van der Waals surface area contributed by atoms with E-state index in [-0.39, 0.29) is 11.9 Å². The average Bonchev–Trinajstić information content (AvgIpc) is 3.15. The molecule has 1 aromatic carbocycles. The van der Waals surface area contributed by atoms with E-state index in [1.54, 1.807) is 0 Å². The summed E-state index contributed by atoms with van der Waals surface area (Å²) in [6, 6.07) is 9.86. The van der Waals surface area contributed by atoms with Gasteiger partial charge in [-0.3, -0.25) is 9.69 Å². The van der Waals surface area contributed by atoms with E-state index < -0.39 is 0 Å². The third-order valence-corrected chi connectivity index (χ3v) is 5.72. The number of ether oxygens (including phenoxy) is 1. The summed E-state index contributed by atoms with van der Waals surface area (Å²) in [6.45, 7) is 5.82. The summed E-state index contributed by atoms with van der Waals surface area (Å²) in [6.07, 6.45) is 0.975. The summed E-state index contributed by atoms with van der Waals surface area (Å²) in [5, 5.41) is 1.92. The molecule has 2 heterocycles. The van der Waals surface area contributed by atoms with Crippen LogP contribution in [-0.4, -0.2) is 55.0 Å². The second-order valence-electron chi connectivity index (χ2n) is 6.39. The first kappa shape index (κ1) is 18.6. The molecule has 5 nitrogen and oxygen atoms in total. The topological polar surface area (TPSA) is 49.9 Å². The molecule has 0 N–H and O–H groups in total. The first-order chi connectivity index (χ1) is 12.6. The SMILES string of the molecule is CCc1ccc(C(=O)N2CCN(Cc3ccsc3C(=O)OC)CC2)cc1. The minimum absolute atomic E-state index is 0.0955. The molecule has 0 aliphatic carbocycles. The lowest BCUT2D eigenvalue weighted by Crippen LogP contribution is -2.48. The van der Waals surface area contributed by atoms with Crippen molar-refractivity contribution in [3.63, 3.8) is 0 Å². The Labute approximate surface area is 158 Å². The highest BCUT2D eigenvalue weighted by Gasteiger charge is 2.23. The summed E-state index contributed by atoms with van der Waals surface area (Å²) in [5.74, 6) is -0.183. The molecular weight excluding hydrogens is 348 g/mol. The van der Waals surface area contributed by atoms with E-state index in [1.807, 2.05) is 40.6 Å². The zero-order valence-electron chi connectivity index (χ0n) is 15.2. The van der Waals surface area contributed by atoms with E-state index in [0.717, 1.165) is 30.6 Å². The normalized spacial score (nSPS) is 15.1. The molecule has 138 valence electrons. The van der Waals surface area contributed by atoms with E-state index in [0.29, 0.717) is 24.5 Å². The summed E-state index contributed by atoms with van der Waals surface area (Å²) < 4.78 is 4.84. The Balaban J connectivity index is 1.56. The largest absolute Gasteiger partial charge is 0.465 e. The Morgan fingerprint density at radius 3 is 2.38 bits per heavy atom. The van der Waals surface area contributed by atoms with Crippen molar-refractivity contribution in [1.82, 2.24) is 9.80 Å². The maximum absolute atomic E-state index is 12.7. The molecule has 0 saturated carbocycles. The predicted octanol–water partition coefficient (Wildman–Crippen LogP) is 3.06. The third-order valence-electron chi connectivity index (χ3n) is 4.78. The molecule has 1 aromatic heterocycles. The van der Waals surface area contributed by atoms with Crippen molar-refractivity contribution in [3.05, 3.63) is 57.3 Å². The molecule has 6 heteroatoms. The highest BCUT2D eigenvalue weighted by atomic mass is 32.1. The highest BCUT2D eigenvalue weighted by Crippen LogP contribution is 2.20. The van der Waals surface area contributed by atoms with Crippen molar-refractivity contribution < 1.29 is 14.3 Å². The Morgan fingerprint density at radius 1 is 1.08 bits per heavy atom. The van der Waals surface area contributed by atoms with Gasteiger partial charge in [0.15, 0.2) is 0 Å². The summed E-state index contributed by atoms with van der Waals surface area (Å²) >= 11 is 1.41. The zero-order chi connectivity index (χ0) is 18.5. The van der Waals surface area contributed by atoms with E-state index >= 15 is 0 Å². The van der Waals surface area contributed by atoms with Crippen molar-refractivity contribution >= 4 is 23.2 Å². The zero-order valence-corrected chi connectivity index (χ0v) is 16.1. The number of esters is 1. The van der Waals surface area contributed by atoms with Gasteiger partial charge in [0.25, 0.3) is 5.91 Å². The number of thiophene rings is 1. The Morgan fingerprint density at radius 2 is 1.77 bits per heavy atom. The molecule has 1 fully saturated rings. The molecule has 1 amide bonds. The molecule has 0 atom stereocenters. The molecule has 26 heavy (non-hydrogen) atoms. The predicted molar refractivity (Wildman–Crippen MR) is 103 cm³/mol. The Hall–Kier alpha value is -2.18. The van der Waals surface area contributed by atoms with Crippen LogP contribution < -0.4 is 0 Å². The standard InChI is InChI=1S/C20H24N2O3S/c1-3-15-4-6-16(7-5-15)19(23)22-11-9-21(10-12-22)14-17-8-13-26-18(17)20(24)25-2/h4-8,13H,3,9-12,14H2,1-2H3. The smallest absolute Gasteiger partial charge is 0.348 e. The maximum atomic E-state index is 12.7. The molecular formula is C20H24N2O3S. The minimum atomic E-state index is -0.278. The Kier molecular flexibility index (Phi) is 6.06. The number of amides is 1. The van der Waals surface area contributed by atoms with Crippen LogP contribution in [0.3, 0.4) is 0 Å². The molecule has 0 unspecified atom stereocenters. The molecule has 1 saturated heterocycles. The quantitative estimate of drug-likeness (QED) is 0.757. The third kappa shape index (κ3) is 4.14. The molecule has 2 aromatic rings. The van der Waals surface area contributed by atoms with Crippen LogP contribution in [-0.2, 0) is 17.7 Å². The van der Waals surface area contributed by atoms with Gasteiger partial charge in [-0.2, -0.15) is 0 Å². The molecule has 1 aliphatic heterocycles. The number of piperazine rings is 1. The van der Waals surface area contributed by atoms with Gasteiger partial charge in [0.1, 0.15) is 4.88 Å². The van der Waals surface area contributed by atoms with E-state index in [2.05, 4.69) is 11.8 Å². The van der Waals surface area contributed by atoms with Crippen LogP contribution in [0, 0.1) is 0 Å². The van der Waals surface area contributed by atoms with Crippen molar-refractivity contribution in [2.75, 3.05) is 33.3 Å². The number of hydrogen-bond acceptors (Lipinski definition) is 5. The molecule has 1 aliphatic rings. The van der Waals surface area contributed by atoms with Gasteiger partial charge in [0.2, 0.25) is 0 Å². The number of carbonyl (C=O) groups is 2. The summed E-state index contributed by atoms with van der Waals surface area (Å²) in [5.41, 5.74) is 2.99. The van der Waals surface area contributed by atoms with Crippen molar-refractivity contribution in [2.24, 2.45) is 0 Å². The molecule has 0 spiro atoms. The number of carbonyl (C=O) groups excluding carboxylic acids is 2. The van der Waals surface area contributed by atoms with E-state index in [4.69, 9.17) is 4.74 Å². The van der Waals surface area contributed by atoms with Gasteiger partial charge in [0, 0.05) is 38.3 Å². The van der Waals surface area contributed by atoms with Gasteiger partial charge in [-0.25, -0.2) is 4.79 Å². The molecule has 0 radical (unpaired) electrons. The number of rotatable bonds is 5. The van der Waals surface area contributed by atoms with E-state index in [9.17, 15) is 9.59 Å². The van der Waals surface area contributed by atoms with E-state index in [1.165, 1.54) is 24.0 Å². The van der Waals surface area contributed by atoms with Gasteiger partial charge < -0.3 is 9.64 Å². The fourth-order valence-corrected chi connectivity index (χ4v) is 3.98. The molecule has 3 rings (SSSR count). The lowest BCUT2D eigenvalue weighted by atomic mass is 10.1. The van der Waals surface area contributed by atoms with Crippen LogP contribution >= 0.6 is 11.3 Å². The van der Waals surface area contributed by atoms with Crippen molar-refractivity contribution in [2.45, 2.75) is 19.9 Å². The van der Waals surface area contributed by atoms with Gasteiger partial charge >= 0.3 is 5.97 Å². The highest BCUT2D eigenvalue weighted by molar-refractivity contribution is 7.12. The fraction of sp³-hybridized carbons (Fsp3) is 0.400. The first-order valence-corrected chi connectivity index (χ1v) is 9.75. The lowest BCUT2D eigenvalue weighted by molar-refractivity contribution is 0.0601. The van der Waals surface area contributed by atoms with Crippen LogP contribution in [0.15, 0.2) is 35.7 Å². The average molecular weight is 372 g/mol. The number of methoxy groups -OCH3 is 1. The van der Waals surface area contributed by atoms with Gasteiger partial charge in [-0.05, 0) is 41.1 Å². The Bertz CT molecular complexity index is 762. The fourth-order valence-electron chi connectivity index (χ4n) is 3.15. The summed E-state index contributed by atoms with van der Waals surface area (Å²) in [4.78, 5) is 29.3. The summed E-state index contributed by atoms with van der Waals surface area (Å²) in [7, 11) is 1.41. The van der Waals surface area contributed by atoms with Gasteiger partial charge in [0.05, 0.1) is 7.11 Å². The van der Waals surface area contributed by atoms with Crippen LogP contribution in [0.25, 0.3) is 0 Å². The van der Waals surface area contributed by atoms with Crippen LogP contribution in [0.2, 0.25) is 0 Å². The van der Waals surface area contributed by atoms with Gasteiger partial charge in [-0.15, -0.1) is 11.3 Å². The van der Waals surface area contributed by atoms with Crippen molar-refractivity contribution in [1.29, 1.82) is 0 Å². The van der Waals surface area contributed by atoms with Crippen molar-refractivity contribution in [3.8, 4) is 0 Å². The maximum Gasteiger partial charge on any atom is 0.348 e. The van der Waals surface area contributed by atoms with Crippen LogP contribution in [0.4, 0.5) is 0 Å². The first-order valence-electron chi connectivity index (χ1n) is 8.87. The number of aryl methyl sites for hydroxylation is 1. The van der Waals surface area contributed by atoms with Crippen LogP contribution in [0.1, 0.15) is 38.1 Å². The minimum Gasteiger partial charge on any atom is -0.465 e. The monoisotopic (exact) mass is 372 g/mol. The number of hydrogen-bond donors (Lipinski definition) is 0. The molecule has 0 bridgehead atoms. The second-order valence-corrected chi connectivity index (χ2v) is 7.30.